The molecule has 2 heterocycles. The molecule has 1 fully saturated rings. The Balaban J connectivity index is 1.75. The Morgan fingerprint density at radius 1 is 1.08 bits per heavy atom. The first kappa shape index (κ1) is 27.7. The topological polar surface area (TPSA) is 60.9 Å². The summed E-state index contributed by atoms with van der Waals surface area (Å²) in [5.74, 6) is 1.18. The van der Waals surface area contributed by atoms with E-state index in [0.29, 0.717) is 29.6 Å². The average molecular weight is 542 g/mol. The second-order valence-electron chi connectivity index (χ2n) is 10.6. The van der Waals surface area contributed by atoms with Gasteiger partial charge in [0.25, 0.3) is 15.9 Å². The van der Waals surface area contributed by atoms with E-state index in [1.54, 1.807) is 54.2 Å². The number of anilines is 1. The number of benzene rings is 2. The molecule has 37 heavy (non-hydrogen) atoms. The number of unbranched alkanes of at least 4 members (excludes halogenated alkanes) is 1. The monoisotopic (exact) mass is 541 g/mol. The Morgan fingerprint density at radius 3 is 2.41 bits per heavy atom. The molecule has 2 atom stereocenters. The van der Waals surface area contributed by atoms with Gasteiger partial charge < -0.3 is 4.90 Å². The van der Waals surface area contributed by atoms with Gasteiger partial charge in [-0.25, -0.2) is 12.7 Å². The van der Waals surface area contributed by atoms with Crippen LogP contribution in [0.25, 0.3) is 5.57 Å². The van der Waals surface area contributed by atoms with E-state index in [2.05, 4.69) is 31.1 Å². The van der Waals surface area contributed by atoms with Crippen LogP contribution in [0.1, 0.15) is 52.5 Å². The third-order valence-electron chi connectivity index (χ3n) is 7.25. The number of likely N-dealkylation sites (N-methyl/N-ethyl adjacent to an activating group) is 1. The van der Waals surface area contributed by atoms with Crippen LogP contribution >= 0.6 is 11.9 Å². The lowest BCUT2D eigenvalue weighted by Gasteiger charge is -2.35. The normalized spacial score (nSPS) is 20.6. The second-order valence-corrected chi connectivity index (χ2v) is 13.6. The summed E-state index contributed by atoms with van der Waals surface area (Å²) in [4.78, 5) is 16.5. The first-order valence-corrected chi connectivity index (χ1v) is 15.4. The lowest BCUT2D eigenvalue weighted by molar-refractivity contribution is -0.125. The summed E-state index contributed by atoms with van der Waals surface area (Å²) in [5.41, 5.74) is 2.82. The molecule has 1 saturated heterocycles. The quantitative estimate of drug-likeness (QED) is 0.389. The van der Waals surface area contributed by atoms with Crippen molar-refractivity contribution in [2.75, 3.05) is 37.5 Å². The summed E-state index contributed by atoms with van der Waals surface area (Å²) in [6.07, 6.45) is 3.14. The van der Waals surface area contributed by atoms with Crippen molar-refractivity contribution >= 4 is 39.1 Å². The molecule has 2 aliphatic rings. The summed E-state index contributed by atoms with van der Waals surface area (Å²) in [7, 11) is -2.05. The summed E-state index contributed by atoms with van der Waals surface area (Å²) < 4.78 is 31.4. The molecular weight excluding hydrogens is 502 g/mol. The van der Waals surface area contributed by atoms with Crippen LogP contribution in [0.3, 0.4) is 0 Å². The van der Waals surface area contributed by atoms with Gasteiger partial charge in [0.05, 0.1) is 17.1 Å². The third kappa shape index (κ3) is 6.07. The lowest BCUT2D eigenvalue weighted by Crippen LogP contribution is -2.41. The molecule has 6 nitrogen and oxygen atoms in total. The predicted octanol–water partition coefficient (Wildman–Crippen LogP) is 5.91. The number of hydrogen-bond acceptors (Lipinski definition) is 5. The molecule has 4 rings (SSSR count). The van der Waals surface area contributed by atoms with Crippen molar-refractivity contribution in [2.45, 2.75) is 56.7 Å². The summed E-state index contributed by atoms with van der Waals surface area (Å²) in [6, 6.07) is 14.4. The number of rotatable bonds is 8. The van der Waals surface area contributed by atoms with Gasteiger partial charge in [-0.2, -0.15) is 0 Å². The van der Waals surface area contributed by atoms with Crippen molar-refractivity contribution in [3.8, 4) is 0 Å². The number of nitrogens with zero attached hydrogens (tertiary/aromatic N) is 3. The van der Waals surface area contributed by atoms with Gasteiger partial charge in [0, 0.05) is 42.7 Å². The maximum atomic E-state index is 13.8. The number of amides is 1. The molecule has 0 spiro atoms. The van der Waals surface area contributed by atoms with E-state index >= 15 is 0 Å². The van der Waals surface area contributed by atoms with Crippen LogP contribution in [0.15, 0.2) is 63.9 Å². The van der Waals surface area contributed by atoms with E-state index in [1.165, 1.54) is 10.7 Å². The summed E-state index contributed by atoms with van der Waals surface area (Å²) >= 11 is 1.73. The van der Waals surface area contributed by atoms with Crippen molar-refractivity contribution in [1.29, 1.82) is 0 Å². The van der Waals surface area contributed by atoms with E-state index in [0.717, 1.165) is 42.0 Å². The molecule has 0 saturated carbocycles. The minimum absolute atomic E-state index is 0.0268. The van der Waals surface area contributed by atoms with Crippen LogP contribution in [-0.2, 0) is 14.8 Å². The van der Waals surface area contributed by atoms with E-state index in [1.807, 2.05) is 19.1 Å². The Hall–Kier alpha value is -2.29. The number of hydrogen-bond donors (Lipinski definition) is 0. The number of carbonyl (C=O) groups is 1. The van der Waals surface area contributed by atoms with Crippen LogP contribution in [0, 0.1) is 11.8 Å². The maximum Gasteiger partial charge on any atom is 0.264 e. The smallest absolute Gasteiger partial charge is 0.264 e. The SMILES string of the molecule is CCCCN(C)C(=O)C1=C(C)c2cc(SN3CC(C)CC(C)C3)ccc2N(S(=O)(=O)c2ccccc2)C1. The number of carbonyl (C=O) groups excluding carboxylic acids is 1. The highest BCUT2D eigenvalue weighted by Gasteiger charge is 2.35. The fourth-order valence-corrected chi connectivity index (χ4v) is 8.05. The second kappa shape index (κ2) is 11.6. The minimum Gasteiger partial charge on any atom is -0.342 e. The highest BCUT2D eigenvalue weighted by atomic mass is 32.2. The van der Waals surface area contributed by atoms with Crippen LogP contribution in [0.4, 0.5) is 5.69 Å². The standard InChI is InChI=1S/C29H39N3O3S2/c1-6-7-15-30(5)29(33)27-20-32(37(34,35)25-11-9-8-10-12-25)28-14-13-24(17-26(28)23(27)4)36-31-18-21(2)16-22(3)19-31/h8-14,17,21-22H,6-7,15-16,18-20H2,1-5H3. The fourth-order valence-electron chi connectivity index (χ4n) is 5.32. The van der Waals surface area contributed by atoms with Crippen molar-refractivity contribution < 1.29 is 13.2 Å². The van der Waals surface area contributed by atoms with Crippen LogP contribution in [0.5, 0.6) is 0 Å². The van der Waals surface area contributed by atoms with Crippen molar-refractivity contribution in [1.82, 2.24) is 9.21 Å². The molecule has 2 unspecified atom stereocenters. The number of fused-ring (bicyclic) bond motifs is 1. The van der Waals surface area contributed by atoms with Gasteiger partial charge >= 0.3 is 0 Å². The zero-order valence-corrected chi connectivity index (χ0v) is 24.2. The van der Waals surface area contributed by atoms with Crippen LogP contribution in [0.2, 0.25) is 0 Å². The summed E-state index contributed by atoms with van der Waals surface area (Å²) in [5, 5.41) is 0. The lowest BCUT2D eigenvalue weighted by atomic mass is 9.94. The van der Waals surface area contributed by atoms with Crippen molar-refractivity contribution in [3.05, 3.63) is 59.7 Å². The Kier molecular flexibility index (Phi) is 8.71. The van der Waals surface area contributed by atoms with Crippen LogP contribution < -0.4 is 4.31 Å². The summed E-state index contributed by atoms with van der Waals surface area (Å²) in [6.45, 7) is 11.4. The zero-order valence-electron chi connectivity index (χ0n) is 22.6. The van der Waals surface area contributed by atoms with E-state index < -0.39 is 10.0 Å². The fraction of sp³-hybridized carbons (Fsp3) is 0.483. The molecule has 2 aromatic carbocycles. The molecule has 0 N–H and O–H groups in total. The van der Waals surface area contributed by atoms with Gasteiger partial charge in [0.1, 0.15) is 0 Å². The van der Waals surface area contributed by atoms with E-state index in [4.69, 9.17) is 0 Å². The van der Waals surface area contributed by atoms with Gasteiger partial charge in [-0.15, -0.1) is 0 Å². The molecule has 8 heteroatoms. The molecule has 2 aromatic rings. The molecule has 0 bridgehead atoms. The Morgan fingerprint density at radius 2 is 1.76 bits per heavy atom. The molecule has 200 valence electrons. The molecule has 1 amide bonds. The third-order valence-corrected chi connectivity index (χ3v) is 10.0. The first-order valence-electron chi connectivity index (χ1n) is 13.2. The molecule has 2 aliphatic heterocycles. The highest BCUT2D eigenvalue weighted by Crippen LogP contribution is 2.41. The molecule has 0 aliphatic carbocycles. The van der Waals surface area contributed by atoms with Gasteiger partial charge in [-0.1, -0.05) is 45.4 Å². The van der Waals surface area contributed by atoms with Gasteiger partial charge in [0.15, 0.2) is 0 Å². The van der Waals surface area contributed by atoms with Gasteiger partial charge in [-0.3, -0.25) is 9.10 Å². The molecule has 0 radical (unpaired) electrons. The van der Waals surface area contributed by atoms with Crippen molar-refractivity contribution in [3.63, 3.8) is 0 Å². The largest absolute Gasteiger partial charge is 0.342 e. The van der Waals surface area contributed by atoms with Crippen LogP contribution in [-0.4, -0.2) is 56.8 Å². The van der Waals surface area contributed by atoms with E-state index in [9.17, 15) is 13.2 Å². The Bertz CT molecular complexity index is 1250. The number of piperidine rings is 1. The highest BCUT2D eigenvalue weighted by molar-refractivity contribution is 7.97. The predicted molar refractivity (Wildman–Crippen MR) is 153 cm³/mol. The molecular formula is C29H39N3O3S2. The van der Waals surface area contributed by atoms with Gasteiger partial charge in [0.2, 0.25) is 0 Å². The number of allylic oxidation sites excluding steroid dienone is 1. The Labute approximate surface area is 226 Å². The average Bonchev–Trinajstić information content (AvgIpc) is 2.87. The maximum absolute atomic E-state index is 13.8. The molecule has 0 aromatic heterocycles. The van der Waals surface area contributed by atoms with Crippen molar-refractivity contribution in [2.24, 2.45) is 11.8 Å². The zero-order chi connectivity index (χ0) is 26.7. The minimum atomic E-state index is -3.85. The van der Waals surface area contributed by atoms with E-state index in [-0.39, 0.29) is 17.3 Å². The number of sulfonamides is 1. The first-order chi connectivity index (χ1) is 17.6. The van der Waals surface area contributed by atoms with Gasteiger partial charge in [-0.05, 0) is 79.5 Å².